The maximum atomic E-state index is 13.7. The molecule has 1 saturated heterocycles. The van der Waals surface area contributed by atoms with Gasteiger partial charge in [-0.05, 0) is 44.2 Å². The summed E-state index contributed by atoms with van der Waals surface area (Å²) in [5, 5.41) is 25.9. The summed E-state index contributed by atoms with van der Waals surface area (Å²) in [7, 11) is 0. The first kappa shape index (κ1) is 27.2. The van der Waals surface area contributed by atoms with Crippen LogP contribution in [-0.4, -0.2) is 76.0 Å². The molecule has 11 heteroatoms. The number of likely N-dealkylation sites (tertiary alicyclic amines) is 1. The van der Waals surface area contributed by atoms with Crippen LogP contribution in [0.5, 0.6) is 0 Å². The molecular weight excluding hydrogens is 470 g/mol. The third kappa shape index (κ3) is 5.52. The van der Waals surface area contributed by atoms with Gasteiger partial charge in [-0.2, -0.15) is 0 Å². The lowest BCUT2D eigenvalue weighted by Gasteiger charge is -2.33. The highest BCUT2D eigenvalue weighted by Crippen LogP contribution is 2.43. The van der Waals surface area contributed by atoms with Crippen LogP contribution >= 0.6 is 0 Å². The topological polar surface area (TPSA) is 154 Å². The van der Waals surface area contributed by atoms with Crippen LogP contribution < -0.4 is 10.6 Å². The lowest BCUT2D eigenvalue weighted by atomic mass is 9.86. The number of rotatable bonds is 9. The number of carbonyl (C=O) groups excluding carboxylic acids is 2. The Morgan fingerprint density at radius 2 is 1.92 bits per heavy atom. The van der Waals surface area contributed by atoms with Gasteiger partial charge in [-0.25, -0.2) is 14.4 Å². The van der Waals surface area contributed by atoms with Crippen LogP contribution in [-0.2, 0) is 30.4 Å². The van der Waals surface area contributed by atoms with Crippen LogP contribution in [0.3, 0.4) is 0 Å². The average Bonchev–Trinajstić information content (AvgIpc) is 3.39. The van der Waals surface area contributed by atoms with E-state index in [9.17, 15) is 29.4 Å². The zero-order valence-corrected chi connectivity index (χ0v) is 20.7. The van der Waals surface area contributed by atoms with E-state index in [-0.39, 0.29) is 32.2 Å². The second-order valence-electron chi connectivity index (χ2n) is 9.97. The molecule has 0 spiro atoms. The Morgan fingerprint density at radius 3 is 2.53 bits per heavy atom. The quantitative estimate of drug-likeness (QED) is 0.224. The molecule has 0 aromatic heterocycles. The number of hydrogen-bond donors (Lipinski definition) is 4. The molecule has 2 amide bonds. The number of aliphatic carboxylic acids is 2. The molecule has 0 bridgehead atoms. The highest BCUT2D eigenvalue weighted by Gasteiger charge is 2.61. The van der Waals surface area contributed by atoms with Crippen LogP contribution in [0.4, 0.5) is 4.79 Å². The number of amides is 2. The summed E-state index contributed by atoms with van der Waals surface area (Å²) in [6.07, 6.45) is 0.228. The van der Waals surface area contributed by atoms with Crippen molar-refractivity contribution in [2.45, 2.75) is 57.0 Å². The van der Waals surface area contributed by atoms with Gasteiger partial charge in [-0.15, -0.1) is 6.58 Å². The number of carboxylic acid groups (broad SMARTS) is 2. The van der Waals surface area contributed by atoms with Crippen molar-refractivity contribution in [1.29, 1.82) is 0 Å². The molecule has 1 aromatic carbocycles. The summed E-state index contributed by atoms with van der Waals surface area (Å²) in [5.41, 5.74) is -1.39. The zero-order valence-electron chi connectivity index (χ0n) is 20.7. The smallest absolute Gasteiger partial charge is 0.408 e. The Kier molecular flexibility index (Phi) is 8.05. The van der Waals surface area contributed by atoms with Gasteiger partial charge in [0, 0.05) is 19.1 Å². The SMILES string of the molecule is C=CCOCC(NC(=O)OC(C)(C)C)C(=O)N1CC(C2NCc3ccccc32)CC1(C(=O)O)C(=O)O. The van der Waals surface area contributed by atoms with E-state index in [1.807, 2.05) is 24.3 Å². The minimum absolute atomic E-state index is 0.0637. The first-order chi connectivity index (χ1) is 16.9. The van der Waals surface area contributed by atoms with Crippen LogP contribution in [0.1, 0.15) is 44.4 Å². The van der Waals surface area contributed by atoms with Gasteiger partial charge < -0.3 is 35.2 Å². The zero-order chi connectivity index (χ0) is 26.7. The van der Waals surface area contributed by atoms with Crippen molar-refractivity contribution in [2.24, 2.45) is 5.92 Å². The van der Waals surface area contributed by atoms with Gasteiger partial charge in [0.05, 0.1) is 13.2 Å². The number of nitrogens with zero attached hydrogens (tertiary/aromatic N) is 1. The van der Waals surface area contributed by atoms with E-state index < -0.39 is 47.0 Å². The second-order valence-corrected chi connectivity index (χ2v) is 9.97. The minimum atomic E-state index is -2.51. The number of alkyl carbamates (subject to hydrolysis) is 1. The molecule has 2 aliphatic heterocycles. The predicted molar refractivity (Wildman–Crippen MR) is 128 cm³/mol. The van der Waals surface area contributed by atoms with Crippen molar-refractivity contribution >= 4 is 23.9 Å². The Labute approximate surface area is 209 Å². The third-order valence-electron chi connectivity index (χ3n) is 6.29. The molecule has 2 heterocycles. The lowest BCUT2D eigenvalue weighted by Crippen LogP contribution is -2.63. The van der Waals surface area contributed by atoms with Crippen LogP contribution in [0.15, 0.2) is 36.9 Å². The molecule has 0 radical (unpaired) electrons. The van der Waals surface area contributed by atoms with E-state index >= 15 is 0 Å². The Hall–Kier alpha value is -3.44. The number of carboxylic acids is 2. The highest BCUT2D eigenvalue weighted by molar-refractivity contribution is 6.07. The summed E-state index contributed by atoms with van der Waals surface area (Å²) >= 11 is 0. The summed E-state index contributed by atoms with van der Waals surface area (Å²) in [5.74, 6) is -4.69. The van der Waals surface area contributed by atoms with E-state index in [4.69, 9.17) is 9.47 Å². The molecule has 1 fully saturated rings. The lowest BCUT2D eigenvalue weighted by molar-refractivity contribution is -0.171. The fraction of sp³-hybridized carbons (Fsp3) is 0.520. The Balaban J connectivity index is 1.93. The molecule has 0 aliphatic carbocycles. The highest BCUT2D eigenvalue weighted by atomic mass is 16.6. The number of carbonyl (C=O) groups is 4. The summed E-state index contributed by atoms with van der Waals surface area (Å²) in [6.45, 7) is 8.63. The molecule has 1 aromatic rings. The van der Waals surface area contributed by atoms with Gasteiger partial charge in [0.1, 0.15) is 11.6 Å². The van der Waals surface area contributed by atoms with Crippen molar-refractivity contribution in [1.82, 2.24) is 15.5 Å². The van der Waals surface area contributed by atoms with Crippen molar-refractivity contribution in [3.63, 3.8) is 0 Å². The monoisotopic (exact) mass is 503 g/mol. The van der Waals surface area contributed by atoms with Gasteiger partial charge in [-0.1, -0.05) is 30.3 Å². The van der Waals surface area contributed by atoms with Crippen LogP contribution in [0.2, 0.25) is 0 Å². The van der Waals surface area contributed by atoms with Gasteiger partial charge in [0.15, 0.2) is 0 Å². The summed E-state index contributed by atoms with van der Waals surface area (Å²) < 4.78 is 10.6. The van der Waals surface area contributed by atoms with Gasteiger partial charge in [-0.3, -0.25) is 4.79 Å². The Morgan fingerprint density at radius 1 is 1.25 bits per heavy atom. The molecule has 0 saturated carbocycles. The molecule has 3 atom stereocenters. The van der Waals surface area contributed by atoms with Crippen molar-refractivity contribution in [2.75, 3.05) is 19.8 Å². The van der Waals surface area contributed by atoms with E-state index in [1.165, 1.54) is 6.08 Å². The number of fused-ring (bicyclic) bond motifs is 1. The molecule has 4 N–H and O–H groups in total. The average molecular weight is 504 g/mol. The van der Waals surface area contributed by atoms with E-state index in [1.54, 1.807) is 20.8 Å². The second kappa shape index (κ2) is 10.7. The van der Waals surface area contributed by atoms with E-state index in [2.05, 4.69) is 17.2 Å². The molecule has 3 unspecified atom stereocenters. The maximum absolute atomic E-state index is 13.7. The molecule has 2 aliphatic rings. The van der Waals surface area contributed by atoms with Gasteiger partial charge in [0.25, 0.3) is 0 Å². The first-order valence-corrected chi connectivity index (χ1v) is 11.7. The van der Waals surface area contributed by atoms with Crippen LogP contribution in [0, 0.1) is 5.92 Å². The predicted octanol–water partition coefficient (Wildman–Crippen LogP) is 1.68. The summed E-state index contributed by atoms with van der Waals surface area (Å²) in [6, 6.07) is 5.90. The summed E-state index contributed by atoms with van der Waals surface area (Å²) in [4.78, 5) is 51.8. The fourth-order valence-electron chi connectivity index (χ4n) is 4.77. The minimum Gasteiger partial charge on any atom is -0.479 e. The standard InChI is InChI=1S/C25H33N3O8/c1-5-10-35-14-18(27-23(34)36-24(2,3)4)20(29)28-13-16(11-25(28,21(30)31)22(32)33)19-17-9-7-6-8-15(17)12-26-19/h5-9,16,18-19,26H,1,10-14H2,2-4H3,(H,27,34)(H,30,31)(H,32,33). The molecule has 196 valence electrons. The normalized spacial score (nSPS) is 21.4. The largest absolute Gasteiger partial charge is 0.479 e. The van der Waals surface area contributed by atoms with Crippen LogP contribution in [0.25, 0.3) is 0 Å². The fourth-order valence-corrected chi connectivity index (χ4v) is 4.77. The maximum Gasteiger partial charge on any atom is 0.408 e. The van der Waals surface area contributed by atoms with Crippen molar-refractivity contribution in [3.8, 4) is 0 Å². The van der Waals surface area contributed by atoms with E-state index in [0.29, 0.717) is 6.54 Å². The molecular formula is C25H33N3O8. The molecule has 36 heavy (non-hydrogen) atoms. The van der Waals surface area contributed by atoms with E-state index in [0.717, 1.165) is 16.0 Å². The Bertz CT molecular complexity index is 1020. The van der Waals surface area contributed by atoms with Gasteiger partial charge in [0.2, 0.25) is 11.4 Å². The number of ether oxygens (including phenoxy) is 2. The number of nitrogens with one attached hydrogen (secondary N) is 2. The van der Waals surface area contributed by atoms with Crippen molar-refractivity contribution in [3.05, 3.63) is 48.0 Å². The van der Waals surface area contributed by atoms with Crippen molar-refractivity contribution < 1.29 is 38.9 Å². The molecule has 3 rings (SSSR count). The first-order valence-electron chi connectivity index (χ1n) is 11.7. The third-order valence-corrected chi connectivity index (χ3v) is 6.29. The van der Waals surface area contributed by atoms with Gasteiger partial charge >= 0.3 is 18.0 Å². The number of hydrogen-bond acceptors (Lipinski definition) is 7. The number of benzene rings is 1. The molecule has 11 nitrogen and oxygen atoms in total.